The van der Waals surface area contributed by atoms with Crippen LogP contribution in [-0.2, 0) is 4.79 Å². The van der Waals surface area contributed by atoms with E-state index < -0.39 is 0 Å². The molecule has 0 aliphatic carbocycles. The standard InChI is InChI=1S/C18H17ClN2O3/c1-3-4-17(22)20-12-6-8-16-14(10-12)21-18(24-16)11-5-7-15(23-2)13(19)9-11/h5-10H,3-4H2,1-2H3,(H,20,22). The van der Waals surface area contributed by atoms with Crippen LogP contribution in [0.1, 0.15) is 19.8 Å². The molecule has 1 N–H and O–H groups in total. The molecule has 24 heavy (non-hydrogen) atoms. The van der Waals surface area contributed by atoms with Crippen molar-refractivity contribution < 1.29 is 13.9 Å². The fourth-order valence-corrected chi connectivity index (χ4v) is 2.64. The molecule has 0 atom stereocenters. The van der Waals surface area contributed by atoms with Gasteiger partial charge in [0.05, 0.1) is 12.1 Å². The van der Waals surface area contributed by atoms with E-state index in [1.54, 1.807) is 37.4 Å². The average Bonchev–Trinajstić information content (AvgIpc) is 2.98. The maximum absolute atomic E-state index is 11.7. The van der Waals surface area contributed by atoms with Gasteiger partial charge in [-0.2, -0.15) is 0 Å². The molecular formula is C18H17ClN2O3. The number of anilines is 1. The molecule has 0 bridgehead atoms. The molecular weight excluding hydrogens is 328 g/mol. The lowest BCUT2D eigenvalue weighted by atomic mass is 10.2. The van der Waals surface area contributed by atoms with E-state index in [1.807, 2.05) is 13.0 Å². The SMILES string of the molecule is CCCC(=O)Nc1ccc2oc(-c3ccc(OC)c(Cl)c3)nc2c1. The lowest BCUT2D eigenvalue weighted by Crippen LogP contribution is -2.10. The lowest BCUT2D eigenvalue weighted by molar-refractivity contribution is -0.116. The van der Waals surface area contributed by atoms with Gasteiger partial charge in [-0.3, -0.25) is 4.79 Å². The van der Waals surface area contributed by atoms with Gasteiger partial charge in [-0.25, -0.2) is 4.98 Å². The summed E-state index contributed by atoms with van der Waals surface area (Å²) in [5.41, 5.74) is 2.78. The first-order chi connectivity index (χ1) is 11.6. The zero-order valence-corrected chi connectivity index (χ0v) is 14.2. The summed E-state index contributed by atoms with van der Waals surface area (Å²) in [6.07, 6.45) is 1.30. The number of rotatable bonds is 5. The molecule has 0 aliphatic rings. The van der Waals surface area contributed by atoms with Gasteiger partial charge in [0.2, 0.25) is 11.8 Å². The first-order valence-corrected chi connectivity index (χ1v) is 8.03. The molecule has 3 aromatic rings. The molecule has 0 fully saturated rings. The number of benzene rings is 2. The number of aromatic nitrogens is 1. The van der Waals surface area contributed by atoms with Gasteiger partial charge < -0.3 is 14.5 Å². The van der Waals surface area contributed by atoms with Crippen molar-refractivity contribution in [2.24, 2.45) is 0 Å². The predicted octanol–water partition coefficient (Wildman–Crippen LogP) is 4.90. The van der Waals surface area contributed by atoms with E-state index in [1.165, 1.54) is 0 Å². The Morgan fingerprint density at radius 1 is 1.29 bits per heavy atom. The quantitative estimate of drug-likeness (QED) is 0.715. The monoisotopic (exact) mass is 344 g/mol. The highest BCUT2D eigenvalue weighted by molar-refractivity contribution is 6.32. The van der Waals surface area contributed by atoms with Gasteiger partial charge in [0.1, 0.15) is 11.3 Å². The summed E-state index contributed by atoms with van der Waals surface area (Å²) >= 11 is 6.15. The summed E-state index contributed by atoms with van der Waals surface area (Å²) in [5.74, 6) is 1.05. The molecule has 2 aromatic carbocycles. The van der Waals surface area contributed by atoms with Crippen molar-refractivity contribution in [2.45, 2.75) is 19.8 Å². The fourth-order valence-electron chi connectivity index (χ4n) is 2.38. The molecule has 124 valence electrons. The first-order valence-electron chi connectivity index (χ1n) is 7.65. The normalized spacial score (nSPS) is 10.8. The Hall–Kier alpha value is -2.53. The first kappa shape index (κ1) is 16.3. The Morgan fingerprint density at radius 2 is 2.12 bits per heavy atom. The highest BCUT2D eigenvalue weighted by Crippen LogP contribution is 2.32. The van der Waals surface area contributed by atoms with Crippen LogP contribution in [0.3, 0.4) is 0 Å². The highest BCUT2D eigenvalue weighted by Gasteiger charge is 2.11. The molecule has 1 heterocycles. The average molecular weight is 345 g/mol. The van der Waals surface area contributed by atoms with Crippen LogP contribution >= 0.6 is 11.6 Å². The van der Waals surface area contributed by atoms with Crippen molar-refractivity contribution >= 4 is 34.3 Å². The van der Waals surface area contributed by atoms with E-state index in [2.05, 4.69) is 10.3 Å². The van der Waals surface area contributed by atoms with Crippen LogP contribution in [-0.4, -0.2) is 18.0 Å². The van der Waals surface area contributed by atoms with Gasteiger partial charge in [-0.05, 0) is 42.8 Å². The van der Waals surface area contributed by atoms with Crippen LogP contribution in [0.4, 0.5) is 5.69 Å². The number of methoxy groups -OCH3 is 1. The summed E-state index contributed by atoms with van der Waals surface area (Å²) in [4.78, 5) is 16.2. The van der Waals surface area contributed by atoms with Crippen LogP contribution < -0.4 is 10.1 Å². The van der Waals surface area contributed by atoms with Crippen molar-refractivity contribution in [3.05, 3.63) is 41.4 Å². The number of fused-ring (bicyclic) bond motifs is 1. The number of hydrogen-bond donors (Lipinski definition) is 1. The minimum Gasteiger partial charge on any atom is -0.495 e. The molecule has 0 aliphatic heterocycles. The number of nitrogens with zero attached hydrogens (tertiary/aromatic N) is 1. The van der Waals surface area contributed by atoms with Crippen molar-refractivity contribution in [3.8, 4) is 17.2 Å². The summed E-state index contributed by atoms with van der Waals surface area (Å²) in [5, 5.41) is 3.34. The Bertz CT molecular complexity index is 889. The highest BCUT2D eigenvalue weighted by atomic mass is 35.5. The van der Waals surface area contributed by atoms with Crippen LogP contribution in [0.5, 0.6) is 5.75 Å². The summed E-state index contributed by atoms with van der Waals surface area (Å²) in [7, 11) is 1.56. The zero-order chi connectivity index (χ0) is 17.1. The Balaban J connectivity index is 1.91. The minimum absolute atomic E-state index is 0.0116. The van der Waals surface area contributed by atoms with Gasteiger partial charge in [0, 0.05) is 17.7 Å². The topological polar surface area (TPSA) is 64.4 Å². The largest absolute Gasteiger partial charge is 0.495 e. The van der Waals surface area contributed by atoms with Crippen molar-refractivity contribution in [1.82, 2.24) is 4.98 Å². The van der Waals surface area contributed by atoms with E-state index in [0.717, 1.165) is 12.0 Å². The number of ether oxygens (including phenoxy) is 1. The zero-order valence-electron chi connectivity index (χ0n) is 13.4. The van der Waals surface area contributed by atoms with E-state index >= 15 is 0 Å². The maximum atomic E-state index is 11.7. The number of oxazole rings is 1. The number of nitrogens with one attached hydrogen (secondary N) is 1. The van der Waals surface area contributed by atoms with Gasteiger partial charge in [-0.1, -0.05) is 18.5 Å². The molecule has 5 nitrogen and oxygen atoms in total. The molecule has 1 amide bonds. The molecule has 0 radical (unpaired) electrons. The Kier molecular flexibility index (Phi) is 4.71. The number of hydrogen-bond acceptors (Lipinski definition) is 4. The second kappa shape index (κ2) is 6.93. The molecule has 6 heteroatoms. The van der Waals surface area contributed by atoms with Crippen molar-refractivity contribution in [2.75, 3.05) is 12.4 Å². The second-order valence-electron chi connectivity index (χ2n) is 5.35. The number of carbonyl (C=O) groups excluding carboxylic acids is 1. The van der Waals surface area contributed by atoms with Gasteiger partial charge in [-0.15, -0.1) is 0 Å². The third kappa shape index (κ3) is 3.36. The Labute approximate surface area is 144 Å². The molecule has 1 aromatic heterocycles. The second-order valence-corrected chi connectivity index (χ2v) is 5.76. The summed E-state index contributed by atoms with van der Waals surface area (Å²) in [6, 6.07) is 10.7. The van der Waals surface area contributed by atoms with Crippen LogP contribution in [0.2, 0.25) is 5.02 Å². The van der Waals surface area contributed by atoms with Crippen LogP contribution in [0, 0.1) is 0 Å². The van der Waals surface area contributed by atoms with Crippen LogP contribution in [0.15, 0.2) is 40.8 Å². The van der Waals surface area contributed by atoms with Crippen molar-refractivity contribution in [1.29, 1.82) is 0 Å². The van der Waals surface area contributed by atoms with Gasteiger partial charge in [0.25, 0.3) is 0 Å². The smallest absolute Gasteiger partial charge is 0.227 e. The summed E-state index contributed by atoms with van der Waals surface area (Å²) in [6.45, 7) is 1.96. The minimum atomic E-state index is -0.0116. The molecule has 0 saturated carbocycles. The lowest BCUT2D eigenvalue weighted by Gasteiger charge is -2.03. The maximum Gasteiger partial charge on any atom is 0.227 e. The number of amides is 1. The molecule has 0 spiro atoms. The van der Waals surface area contributed by atoms with E-state index in [0.29, 0.717) is 39.9 Å². The predicted molar refractivity (Wildman–Crippen MR) is 94.5 cm³/mol. The van der Waals surface area contributed by atoms with E-state index in [9.17, 15) is 4.79 Å². The molecule has 0 unspecified atom stereocenters. The summed E-state index contributed by atoms with van der Waals surface area (Å²) < 4.78 is 10.9. The van der Waals surface area contributed by atoms with Crippen LogP contribution in [0.25, 0.3) is 22.6 Å². The molecule has 0 saturated heterocycles. The van der Waals surface area contributed by atoms with E-state index in [4.69, 9.17) is 20.8 Å². The number of carbonyl (C=O) groups is 1. The third-order valence-electron chi connectivity index (χ3n) is 3.55. The van der Waals surface area contributed by atoms with E-state index in [-0.39, 0.29) is 5.91 Å². The van der Waals surface area contributed by atoms with Crippen molar-refractivity contribution in [3.63, 3.8) is 0 Å². The number of halogens is 1. The van der Waals surface area contributed by atoms with Gasteiger partial charge >= 0.3 is 0 Å². The third-order valence-corrected chi connectivity index (χ3v) is 3.84. The Morgan fingerprint density at radius 3 is 2.83 bits per heavy atom. The van der Waals surface area contributed by atoms with Gasteiger partial charge in [0.15, 0.2) is 5.58 Å². The molecule has 3 rings (SSSR count). The fraction of sp³-hybridized carbons (Fsp3) is 0.222.